The number of rotatable bonds is 5. The molecular weight excluding hydrogens is 328 g/mol. The number of morpholine rings is 1. The summed E-state index contributed by atoms with van der Waals surface area (Å²) in [4.78, 5) is 0.186. The third kappa shape index (κ3) is 3.53. The second-order valence-electron chi connectivity index (χ2n) is 6.03. The lowest BCUT2D eigenvalue weighted by Gasteiger charge is -2.32. The Morgan fingerprint density at radius 3 is 2.67 bits per heavy atom. The first-order valence-corrected chi connectivity index (χ1v) is 9.51. The molecule has 2 aromatic rings. The molecule has 1 aromatic carbocycles. The van der Waals surface area contributed by atoms with E-state index in [1.807, 2.05) is 18.2 Å². The van der Waals surface area contributed by atoms with Gasteiger partial charge in [0.25, 0.3) is 0 Å². The van der Waals surface area contributed by atoms with E-state index in [1.54, 1.807) is 13.8 Å². The van der Waals surface area contributed by atoms with E-state index in [1.165, 1.54) is 9.87 Å². The number of ether oxygens (including phenoxy) is 1. The predicted octanol–water partition coefficient (Wildman–Crippen LogP) is 2.31. The van der Waals surface area contributed by atoms with Crippen LogP contribution in [0.5, 0.6) is 0 Å². The first-order chi connectivity index (χ1) is 11.5. The van der Waals surface area contributed by atoms with Crippen molar-refractivity contribution in [2.75, 3.05) is 19.7 Å². The Balaban J connectivity index is 1.69. The number of hydrogen-bond donors (Lipinski definition) is 0. The van der Waals surface area contributed by atoms with Crippen LogP contribution in [0.1, 0.15) is 23.4 Å². The first-order valence-electron chi connectivity index (χ1n) is 8.07. The van der Waals surface area contributed by atoms with Crippen LogP contribution >= 0.6 is 0 Å². The van der Waals surface area contributed by atoms with Gasteiger partial charge in [-0.1, -0.05) is 35.5 Å². The highest BCUT2D eigenvalue weighted by atomic mass is 32.2. The first kappa shape index (κ1) is 17.1. The minimum absolute atomic E-state index is 0.103. The zero-order valence-electron chi connectivity index (χ0n) is 13.9. The van der Waals surface area contributed by atoms with Gasteiger partial charge in [0.2, 0.25) is 10.0 Å². The molecule has 0 saturated carbocycles. The van der Waals surface area contributed by atoms with Crippen LogP contribution < -0.4 is 0 Å². The quantitative estimate of drug-likeness (QED) is 0.827. The molecule has 0 amide bonds. The van der Waals surface area contributed by atoms with Crippen LogP contribution in [0.2, 0.25) is 0 Å². The van der Waals surface area contributed by atoms with Crippen LogP contribution in [0.15, 0.2) is 39.8 Å². The summed E-state index contributed by atoms with van der Waals surface area (Å²) in [5.74, 6) is 0.333. The maximum atomic E-state index is 12.9. The highest BCUT2D eigenvalue weighted by molar-refractivity contribution is 7.89. The van der Waals surface area contributed by atoms with Crippen molar-refractivity contribution >= 4 is 10.0 Å². The van der Waals surface area contributed by atoms with Gasteiger partial charge in [0.15, 0.2) is 5.76 Å². The van der Waals surface area contributed by atoms with Gasteiger partial charge in [0.1, 0.15) is 10.6 Å². The van der Waals surface area contributed by atoms with Crippen LogP contribution in [-0.4, -0.2) is 43.7 Å². The smallest absolute Gasteiger partial charge is 0.248 e. The summed E-state index contributed by atoms with van der Waals surface area (Å²) in [5, 5.41) is 3.76. The van der Waals surface area contributed by atoms with Gasteiger partial charge in [-0.25, -0.2) is 8.42 Å². The Morgan fingerprint density at radius 2 is 2.00 bits per heavy atom. The minimum atomic E-state index is -3.60. The molecule has 0 N–H and O–H groups in total. The summed E-state index contributed by atoms with van der Waals surface area (Å²) in [6.45, 7) is 4.40. The average Bonchev–Trinajstić information content (AvgIpc) is 2.93. The van der Waals surface area contributed by atoms with Crippen LogP contribution in [0, 0.1) is 13.8 Å². The van der Waals surface area contributed by atoms with Crippen molar-refractivity contribution in [1.82, 2.24) is 9.46 Å². The van der Waals surface area contributed by atoms with Crippen LogP contribution in [0.25, 0.3) is 0 Å². The lowest BCUT2D eigenvalue weighted by molar-refractivity contribution is -0.00529. The molecule has 130 valence electrons. The molecule has 0 radical (unpaired) electrons. The SMILES string of the molecule is Cc1noc(C)c1S(=O)(=O)N1CCOC(CCc2ccccc2)C1. The van der Waals surface area contributed by atoms with E-state index in [2.05, 4.69) is 17.3 Å². The van der Waals surface area contributed by atoms with Gasteiger partial charge >= 0.3 is 0 Å². The van der Waals surface area contributed by atoms with E-state index < -0.39 is 10.0 Å². The van der Waals surface area contributed by atoms with Crippen LogP contribution in [-0.2, 0) is 21.2 Å². The van der Waals surface area contributed by atoms with E-state index in [-0.39, 0.29) is 11.0 Å². The van der Waals surface area contributed by atoms with Gasteiger partial charge in [0, 0.05) is 13.1 Å². The second kappa shape index (κ2) is 7.04. The van der Waals surface area contributed by atoms with Gasteiger partial charge in [-0.3, -0.25) is 0 Å². The molecule has 3 rings (SSSR count). The topological polar surface area (TPSA) is 72.6 Å². The van der Waals surface area contributed by atoms with E-state index in [0.29, 0.717) is 31.2 Å². The molecule has 1 aliphatic heterocycles. The van der Waals surface area contributed by atoms with Crippen LogP contribution in [0.4, 0.5) is 0 Å². The van der Waals surface area contributed by atoms with Crippen molar-refractivity contribution in [1.29, 1.82) is 0 Å². The molecule has 0 spiro atoms. The van der Waals surface area contributed by atoms with Crippen molar-refractivity contribution in [2.24, 2.45) is 0 Å². The fraction of sp³-hybridized carbons (Fsp3) is 0.471. The molecule has 1 fully saturated rings. The molecule has 1 aromatic heterocycles. The Kier molecular flexibility index (Phi) is 5.03. The minimum Gasteiger partial charge on any atom is -0.375 e. The van der Waals surface area contributed by atoms with Gasteiger partial charge in [-0.2, -0.15) is 4.31 Å². The van der Waals surface area contributed by atoms with Gasteiger partial charge in [0.05, 0.1) is 12.7 Å². The Bertz CT molecular complexity index is 767. The van der Waals surface area contributed by atoms with E-state index in [0.717, 1.165) is 12.8 Å². The molecule has 1 aliphatic rings. The van der Waals surface area contributed by atoms with Crippen molar-refractivity contribution < 1.29 is 17.7 Å². The lowest BCUT2D eigenvalue weighted by atomic mass is 10.1. The van der Waals surface area contributed by atoms with Gasteiger partial charge in [-0.15, -0.1) is 0 Å². The largest absolute Gasteiger partial charge is 0.375 e. The summed E-state index contributed by atoms with van der Waals surface area (Å²) in [6, 6.07) is 10.1. The molecular formula is C17H22N2O4S. The van der Waals surface area contributed by atoms with Crippen molar-refractivity contribution in [2.45, 2.75) is 37.7 Å². The molecule has 1 atom stereocenters. The zero-order chi connectivity index (χ0) is 17.2. The standard InChI is InChI=1S/C17H22N2O4S/c1-13-17(14(2)23-18-13)24(20,21)19-10-11-22-16(12-19)9-8-15-6-4-3-5-7-15/h3-7,16H,8-12H2,1-2H3. The van der Waals surface area contributed by atoms with Crippen molar-refractivity contribution in [3.8, 4) is 0 Å². The second-order valence-corrected chi connectivity index (χ2v) is 7.91. The number of nitrogens with zero attached hydrogens (tertiary/aromatic N) is 2. The molecule has 0 bridgehead atoms. The lowest BCUT2D eigenvalue weighted by Crippen LogP contribution is -2.45. The number of aromatic nitrogens is 1. The summed E-state index contributed by atoms with van der Waals surface area (Å²) in [7, 11) is -3.60. The number of benzene rings is 1. The average molecular weight is 350 g/mol. The highest BCUT2D eigenvalue weighted by Gasteiger charge is 2.34. The molecule has 0 aliphatic carbocycles. The molecule has 2 heterocycles. The Hall–Kier alpha value is -1.70. The molecule has 1 unspecified atom stereocenters. The van der Waals surface area contributed by atoms with E-state index in [9.17, 15) is 8.42 Å². The normalized spacial score (nSPS) is 19.5. The van der Waals surface area contributed by atoms with E-state index >= 15 is 0 Å². The zero-order valence-corrected chi connectivity index (χ0v) is 14.8. The van der Waals surface area contributed by atoms with E-state index in [4.69, 9.17) is 9.26 Å². The molecule has 7 heteroatoms. The van der Waals surface area contributed by atoms with Crippen molar-refractivity contribution in [3.63, 3.8) is 0 Å². The van der Waals surface area contributed by atoms with Gasteiger partial charge < -0.3 is 9.26 Å². The van der Waals surface area contributed by atoms with Crippen LogP contribution in [0.3, 0.4) is 0 Å². The fourth-order valence-electron chi connectivity index (χ4n) is 3.03. The third-order valence-corrected chi connectivity index (χ3v) is 6.38. The summed E-state index contributed by atoms with van der Waals surface area (Å²) >= 11 is 0. The fourth-order valence-corrected chi connectivity index (χ4v) is 4.78. The predicted molar refractivity (Wildman–Crippen MR) is 89.2 cm³/mol. The monoisotopic (exact) mass is 350 g/mol. The number of sulfonamides is 1. The van der Waals surface area contributed by atoms with Gasteiger partial charge in [-0.05, 0) is 32.3 Å². The molecule has 1 saturated heterocycles. The Morgan fingerprint density at radius 1 is 1.25 bits per heavy atom. The molecule has 24 heavy (non-hydrogen) atoms. The summed E-state index contributed by atoms with van der Waals surface area (Å²) in [6.07, 6.45) is 1.55. The van der Waals surface area contributed by atoms with Crippen molar-refractivity contribution in [3.05, 3.63) is 47.3 Å². The molecule has 6 nitrogen and oxygen atoms in total. The number of hydrogen-bond acceptors (Lipinski definition) is 5. The number of aryl methyl sites for hydroxylation is 3. The maximum Gasteiger partial charge on any atom is 0.248 e. The Labute approximate surface area is 142 Å². The third-order valence-electron chi connectivity index (χ3n) is 4.27. The summed E-state index contributed by atoms with van der Waals surface area (Å²) in [5.41, 5.74) is 1.63. The summed E-state index contributed by atoms with van der Waals surface area (Å²) < 4.78 is 38.0. The maximum absolute atomic E-state index is 12.9. The highest BCUT2D eigenvalue weighted by Crippen LogP contribution is 2.25.